The van der Waals surface area contributed by atoms with Crippen molar-refractivity contribution in [3.8, 4) is 44.8 Å². The van der Waals surface area contributed by atoms with E-state index < -0.39 is 0 Å². The van der Waals surface area contributed by atoms with E-state index in [-0.39, 0.29) is 5.41 Å². The number of benzene rings is 8. The Morgan fingerprint density at radius 3 is 1.77 bits per heavy atom. The van der Waals surface area contributed by atoms with Crippen molar-refractivity contribution in [2.75, 3.05) is 0 Å². The molecule has 12 rings (SSSR count). The number of hydrogen-bond donors (Lipinski definition) is 0. The molecule has 1 unspecified atom stereocenters. The first-order valence-corrected chi connectivity index (χ1v) is 18.2. The van der Waals surface area contributed by atoms with E-state index in [0.717, 1.165) is 0 Å². The molecule has 2 aromatic heterocycles. The van der Waals surface area contributed by atoms with Gasteiger partial charge in [0.15, 0.2) is 0 Å². The summed E-state index contributed by atoms with van der Waals surface area (Å²) in [6.07, 6.45) is 0. The molecule has 8 aromatic carbocycles. The van der Waals surface area contributed by atoms with Gasteiger partial charge in [0.05, 0.1) is 22.1 Å². The summed E-state index contributed by atoms with van der Waals surface area (Å²) in [7, 11) is 0. The number of para-hydroxylation sites is 2. The highest BCUT2D eigenvalue weighted by Gasteiger charge is 2.44. The van der Waals surface area contributed by atoms with Gasteiger partial charge in [0.2, 0.25) is 0 Å². The van der Waals surface area contributed by atoms with E-state index in [4.69, 9.17) is 0 Å². The van der Waals surface area contributed by atoms with Crippen molar-refractivity contribution < 1.29 is 0 Å². The minimum absolute atomic E-state index is 0.287. The molecule has 0 saturated heterocycles. The Balaban J connectivity index is 1.11. The monoisotopic (exact) mass is 660 g/mol. The Morgan fingerprint density at radius 1 is 0.346 bits per heavy atom. The van der Waals surface area contributed by atoms with Crippen LogP contribution in [0.2, 0.25) is 0 Å². The summed E-state index contributed by atoms with van der Waals surface area (Å²) in [6.45, 7) is 2.45. The van der Waals surface area contributed by atoms with Crippen molar-refractivity contribution >= 4 is 43.6 Å². The van der Waals surface area contributed by atoms with Crippen molar-refractivity contribution in [2.24, 2.45) is 0 Å². The lowest BCUT2D eigenvalue weighted by molar-refractivity contribution is 0.722. The fraction of sp³-hybridized carbons (Fsp3) is 0.0400. The summed E-state index contributed by atoms with van der Waals surface area (Å²) in [5.74, 6) is 0. The number of aromatic nitrogens is 2. The Bertz CT molecular complexity index is 3120. The molecule has 1 aliphatic carbocycles. The average Bonchev–Trinajstić information content (AvgIpc) is 3.80. The number of nitrogens with zero attached hydrogens (tertiary/aromatic N) is 2. The maximum Gasteiger partial charge on any atom is 0.0585 e. The molecule has 1 aliphatic heterocycles. The van der Waals surface area contributed by atoms with Gasteiger partial charge < -0.3 is 9.13 Å². The zero-order chi connectivity index (χ0) is 34.1. The smallest absolute Gasteiger partial charge is 0.0585 e. The second kappa shape index (κ2) is 9.99. The second-order valence-corrected chi connectivity index (χ2v) is 14.7. The van der Waals surface area contributed by atoms with Gasteiger partial charge in [0.1, 0.15) is 0 Å². The van der Waals surface area contributed by atoms with Gasteiger partial charge in [-0.15, -0.1) is 0 Å². The standard InChI is InChI=1S/C50H32N2/c1-50-43-16-8-5-13-37(43)38-25-24-36(30-44(38)50)52-47-18-10-7-15-40(47)42-28-34(29-45(50)49(42)52)33-21-26-48-41(27-33)39-14-6-9-17-46(39)51(48)35-22-19-32(20-23-35)31-11-3-2-4-12-31/h2-30H,1H3. The van der Waals surface area contributed by atoms with Crippen molar-refractivity contribution in [3.05, 3.63) is 193 Å². The molecule has 2 bridgehead atoms. The van der Waals surface area contributed by atoms with E-state index in [1.54, 1.807) is 0 Å². The van der Waals surface area contributed by atoms with Crippen LogP contribution in [0.4, 0.5) is 0 Å². The summed E-state index contributed by atoms with van der Waals surface area (Å²) < 4.78 is 4.93. The first-order chi connectivity index (χ1) is 25.7. The van der Waals surface area contributed by atoms with Crippen LogP contribution >= 0.6 is 0 Å². The van der Waals surface area contributed by atoms with Crippen molar-refractivity contribution in [2.45, 2.75) is 12.3 Å². The van der Waals surface area contributed by atoms with Crippen LogP contribution in [0.5, 0.6) is 0 Å². The van der Waals surface area contributed by atoms with Crippen molar-refractivity contribution in [1.82, 2.24) is 9.13 Å². The van der Waals surface area contributed by atoms with Crippen LogP contribution in [-0.2, 0) is 5.41 Å². The fourth-order valence-electron chi connectivity index (χ4n) is 9.69. The van der Waals surface area contributed by atoms with Crippen LogP contribution in [0.3, 0.4) is 0 Å². The number of rotatable bonds is 3. The lowest BCUT2D eigenvalue weighted by atomic mass is 9.73. The van der Waals surface area contributed by atoms with Crippen LogP contribution in [0.1, 0.15) is 23.6 Å². The Labute approximate surface area is 301 Å². The summed E-state index contributed by atoms with van der Waals surface area (Å²) >= 11 is 0. The Morgan fingerprint density at radius 2 is 0.942 bits per heavy atom. The molecule has 0 amide bonds. The molecule has 2 aliphatic rings. The van der Waals surface area contributed by atoms with Gasteiger partial charge in [0.25, 0.3) is 0 Å². The predicted molar refractivity (Wildman–Crippen MR) is 217 cm³/mol. The molecular weight excluding hydrogens is 629 g/mol. The Hall–Kier alpha value is -6.64. The fourth-order valence-corrected chi connectivity index (χ4v) is 9.69. The third-order valence-corrected chi connectivity index (χ3v) is 12.1. The molecule has 2 heteroatoms. The molecule has 52 heavy (non-hydrogen) atoms. The van der Waals surface area contributed by atoms with Gasteiger partial charge in [-0.2, -0.15) is 0 Å². The molecule has 0 radical (unpaired) electrons. The molecule has 0 spiro atoms. The quantitative estimate of drug-likeness (QED) is 0.178. The lowest BCUT2D eigenvalue weighted by Gasteiger charge is -2.28. The SMILES string of the molecule is CC12c3ccccc3-c3ccc(cc31)-n1c3ccccc3c3cc(-c4ccc5c(c4)c4ccccc4n5-c4ccc(-c5ccccc5)cc4)cc2c31. The molecule has 10 aromatic rings. The highest BCUT2D eigenvalue weighted by atomic mass is 15.0. The van der Waals surface area contributed by atoms with Gasteiger partial charge in [-0.1, -0.05) is 115 Å². The lowest BCUT2D eigenvalue weighted by Crippen LogP contribution is -2.22. The van der Waals surface area contributed by atoms with Crippen molar-refractivity contribution in [3.63, 3.8) is 0 Å². The number of fused-ring (bicyclic) bond motifs is 12. The van der Waals surface area contributed by atoms with E-state index in [1.165, 1.54) is 105 Å². The maximum absolute atomic E-state index is 2.51. The molecule has 3 heterocycles. The largest absolute Gasteiger partial charge is 0.309 e. The van der Waals surface area contributed by atoms with Crippen LogP contribution in [0.15, 0.2) is 176 Å². The van der Waals surface area contributed by atoms with E-state index in [0.29, 0.717) is 0 Å². The molecule has 0 N–H and O–H groups in total. The molecule has 242 valence electrons. The predicted octanol–water partition coefficient (Wildman–Crippen LogP) is 12.9. The Kier molecular flexibility index (Phi) is 5.40. The zero-order valence-electron chi connectivity index (χ0n) is 28.6. The van der Waals surface area contributed by atoms with Crippen molar-refractivity contribution in [1.29, 1.82) is 0 Å². The normalized spacial score (nSPS) is 15.5. The first-order valence-electron chi connectivity index (χ1n) is 18.2. The van der Waals surface area contributed by atoms with Crippen LogP contribution in [-0.4, -0.2) is 9.13 Å². The average molecular weight is 661 g/mol. The third-order valence-electron chi connectivity index (χ3n) is 12.1. The van der Waals surface area contributed by atoms with Gasteiger partial charge in [0, 0.05) is 38.3 Å². The summed E-state index contributed by atoms with van der Waals surface area (Å²) in [5, 5.41) is 5.12. The first kappa shape index (κ1) is 28.1. The minimum Gasteiger partial charge on any atom is -0.309 e. The summed E-state index contributed by atoms with van der Waals surface area (Å²) in [4.78, 5) is 0. The topological polar surface area (TPSA) is 9.86 Å². The third kappa shape index (κ3) is 3.53. The van der Waals surface area contributed by atoms with E-state index in [1.807, 2.05) is 0 Å². The van der Waals surface area contributed by atoms with Gasteiger partial charge in [-0.05, 0) is 118 Å². The van der Waals surface area contributed by atoms with E-state index >= 15 is 0 Å². The van der Waals surface area contributed by atoms with E-state index in [9.17, 15) is 0 Å². The van der Waals surface area contributed by atoms with Gasteiger partial charge in [-0.25, -0.2) is 0 Å². The maximum atomic E-state index is 2.51. The van der Waals surface area contributed by atoms with Gasteiger partial charge in [-0.3, -0.25) is 0 Å². The minimum atomic E-state index is -0.287. The second-order valence-electron chi connectivity index (χ2n) is 14.7. The number of hydrogen-bond acceptors (Lipinski definition) is 0. The summed E-state index contributed by atoms with van der Waals surface area (Å²) in [5.41, 5.74) is 18.9. The highest BCUT2D eigenvalue weighted by Crippen LogP contribution is 2.57. The molecule has 1 atom stereocenters. The van der Waals surface area contributed by atoms with Crippen LogP contribution in [0, 0.1) is 0 Å². The molecule has 2 nitrogen and oxygen atoms in total. The van der Waals surface area contributed by atoms with E-state index in [2.05, 4.69) is 192 Å². The molecule has 0 saturated carbocycles. The zero-order valence-corrected chi connectivity index (χ0v) is 28.6. The molecule has 0 fully saturated rings. The van der Waals surface area contributed by atoms with Gasteiger partial charge >= 0.3 is 0 Å². The van der Waals surface area contributed by atoms with Crippen LogP contribution in [0.25, 0.3) is 88.4 Å². The molecular formula is C50H32N2. The highest BCUT2D eigenvalue weighted by molar-refractivity contribution is 6.14. The summed E-state index contributed by atoms with van der Waals surface area (Å²) in [6, 6.07) is 65.5. The van der Waals surface area contributed by atoms with Crippen LogP contribution < -0.4 is 0 Å².